The van der Waals surface area contributed by atoms with E-state index >= 15 is 0 Å². The summed E-state index contributed by atoms with van der Waals surface area (Å²) < 4.78 is 2.40. The third-order valence-corrected chi connectivity index (χ3v) is 9.37. The van der Waals surface area contributed by atoms with E-state index in [-0.39, 0.29) is 0 Å². The summed E-state index contributed by atoms with van der Waals surface area (Å²) in [5.41, 5.74) is 11.8. The largest absolute Gasteiger partial charge is 0.310 e. The van der Waals surface area contributed by atoms with Gasteiger partial charge in [0.2, 0.25) is 0 Å². The van der Waals surface area contributed by atoms with Gasteiger partial charge in [0.05, 0.1) is 16.7 Å². The molecule has 0 N–H and O–H groups in total. The highest BCUT2D eigenvalue weighted by Crippen LogP contribution is 2.41. The van der Waals surface area contributed by atoms with E-state index in [1.54, 1.807) is 0 Å². The van der Waals surface area contributed by atoms with Crippen molar-refractivity contribution in [3.8, 4) is 27.9 Å². The lowest BCUT2D eigenvalue weighted by atomic mass is 10.0. The third-order valence-electron chi connectivity index (χ3n) is 9.37. The van der Waals surface area contributed by atoms with Crippen LogP contribution in [0.2, 0.25) is 0 Å². The average Bonchev–Trinajstić information content (AvgIpc) is 3.49. The van der Waals surface area contributed by atoms with E-state index in [2.05, 4.69) is 204 Å². The lowest BCUT2D eigenvalue weighted by Crippen LogP contribution is -2.10. The smallest absolute Gasteiger partial charge is 0.0547 e. The van der Waals surface area contributed by atoms with Gasteiger partial charge in [-0.05, 0) is 88.3 Å². The highest BCUT2D eigenvalue weighted by molar-refractivity contribution is 6.11. The molecular weight excluding hydrogens is 581 g/mol. The SMILES string of the molecule is c1ccc(-c2ccc3c(c2)c2ccc(-c4ccc(N(c5ccccc5)c5cccc6ccccc56)cc4)cc2n3-c2ccccc2)cc1. The summed E-state index contributed by atoms with van der Waals surface area (Å²) in [5, 5.41) is 4.96. The predicted octanol–water partition coefficient (Wildman–Crippen LogP) is 12.7. The molecule has 0 saturated carbocycles. The number of rotatable bonds is 6. The molecule has 0 saturated heterocycles. The van der Waals surface area contributed by atoms with Gasteiger partial charge in [0, 0.05) is 33.2 Å². The minimum atomic E-state index is 1.12. The van der Waals surface area contributed by atoms with E-state index in [0.717, 1.165) is 22.7 Å². The molecule has 226 valence electrons. The van der Waals surface area contributed by atoms with Crippen LogP contribution in [0, 0.1) is 0 Å². The zero-order valence-electron chi connectivity index (χ0n) is 26.4. The molecule has 0 aliphatic heterocycles. The average molecular weight is 613 g/mol. The van der Waals surface area contributed by atoms with Gasteiger partial charge in [-0.2, -0.15) is 0 Å². The molecule has 8 aromatic carbocycles. The zero-order chi connectivity index (χ0) is 31.9. The van der Waals surface area contributed by atoms with Crippen molar-refractivity contribution in [2.45, 2.75) is 0 Å². The fourth-order valence-electron chi connectivity index (χ4n) is 7.08. The van der Waals surface area contributed by atoms with E-state index in [4.69, 9.17) is 0 Å². The van der Waals surface area contributed by atoms with Crippen molar-refractivity contribution in [2.75, 3.05) is 4.90 Å². The van der Waals surface area contributed by atoms with Gasteiger partial charge in [0.25, 0.3) is 0 Å². The maximum atomic E-state index is 2.40. The van der Waals surface area contributed by atoms with Crippen LogP contribution in [0.4, 0.5) is 17.1 Å². The topological polar surface area (TPSA) is 8.17 Å². The molecule has 48 heavy (non-hydrogen) atoms. The Bertz CT molecular complexity index is 2530. The molecule has 2 nitrogen and oxygen atoms in total. The van der Waals surface area contributed by atoms with Gasteiger partial charge in [-0.15, -0.1) is 0 Å². The van der Waals surface area contributed by atoms with Crippen molar-refractivity contribution in [3.63, 3.8) is 0 Å². The maximum Gasteiger partial charge on any atom is 0.0547 e. The van der Waals surface area contributed by atoms with Crippen LogP contribution in [-0.4, -0.2) is 4.57 Å². The number of anilines is 3. The van der Waals surface area contributed by atoms with E-state index in [1.807, 2.05) is 0 Å². The number of hydrogen-bond donors (Lipinski definition) is 0. The molecule has 2 heteroatoms. The van der Waals surface area contributed by atoms with Gasteiger partial charge in [-0.25, -0.2) is 0 Å². The van der Waals surface area contributed by atoms with Crippen molar-refractivity contribution in [1.82, 2.24) is 4.57 Å². The first kappa shape index (κ1) is 27.9. The van der Waals surface area contributed by atoms with Crippen molar-refractivity contribution >= 4 is 49.6 Å². The second kappa shape index (κ2) is 11.8. The minimum Gasteiger partial charge on any atom is -0.310 e. The molecule has 0 atom stereocenters. The van der Waals surface area contributed by atoms with Crippen molar-refractivity contribution in [2.24, 2.45) is 0 Å². The quantitative estimate of drug-likeness (QED) is 0.181. The van der Waals surface area contributed by atoms with Crippen molar-refractivity contribution in [1.29, 1.82) is 0 Å². The summed E-state index contributed by atoms with van der Waals surface area (Å²) in [6, 6.07) is 69.8. The Labute approximate surface area is 280 Å². The van der Waals surface area contributed by atoms with Crippen LogP contribution in [0.5, 0.6) is 0 Å². The first-order valence-corrected chi connectivity index (χ1v) is 16.4. The monoisotopic (exact) mass is 612 g/mol. The predicted molar refractivity (Wildman–Crippen MR) is 204 cm³/mol. The lowest BCUT2D eigenvalue weighted by molar-refractivity contribution is 1.18. The zero-order valence-corrected chi connectivity index (χ0v) is 26.4. The molecular formula is C46H32N2. The summed E-state index contributed by atoms with van der Waals surface area (Å²) in [5.74, 6) is 0. The second-order valence-electron chi connectivity index (χ2n) is 12.2. The molecule has 1 aromatic heterocycles. The van der Waals surface area contributed by atoms with E-state index in [1.165, 1.54) is 54.8 Å². The van der Waals surface area contributed by atoms with Crippen LogP contribution in [0.3, 0.4) is 0 Å². The third kappa shape index (κ3) is 4.83. The molecule has 0 spiro atoms. The first-order valence-electron chi connectivity index (χ1n) is 16.4. The maximum absolute atomic E-state index is 2.40. The summed E-state index contributed by atoms with van der Waals surface area (Å²) >= 11 is 0. The van der Waals surface area contributed by atoms with Crippen LogP contribution < -0.4 is 4.90 Å². The molecule has 9 aromatic rings. The Morgan fingerprint density at radius 1 is 0.333 bits per heavy atom. The van der Waals surface area contributed by atoms with Gasteiger partial charge in [-0.1, -0.05) is 133 Å². The molecule has 0 radical (unpaired) electrons. The van der Waals surface area contributed by atoms with Gasteiger partial charge >= 0.3 is 0 Å². The second-order valence-corrected chi connectivity index (χ2v) is 12.2. The Kier molecular flexibility index (Phi) is 6.84. The lowest BCUT2D eigenvalue weighted by Gasteiger charge is -2.27. The van der Waals surface area contributed by atoms with E-state index in [9.17, 15) is 0 Å². The number of fused-ring (bicyclic) bond motifs is 4. The van der Waals surface area contributed by atoms with Crippen LogP contribution >= 0.6 is 0 Å². The Hall–Kier alpha value is -6.38. The van der Waals surface area contributed by atoms with Gasteiger partial charge in [-0.3, -0.25) is 0 Å². The molecule has 0 aliphatic rings. The minimum absolute atomic E-state index is 1.12. The fourth-order valence-corrected chi connectivity index (χ4v) is 7.08. The number of para-hydroxylation sites is 2. The standard InChI is InChI=1S/C46H32N2/c1-4-13-33(14-5-1)36-26-30-45-43(31-36)42-29-25-37(32-46(42)48(45)39-19-8-3-9-20-39)34-23-27-40(28-24-34)47(38-17-6-2-7-18-38)44-22-12-16-35-15-10-11-21-41(35)44/h1-32H. The van der Waals surface area contributed by atoms with E-state index < -0.39 is 0 Å². The highest BCUT2D eigenvalue weighted by Gasteiger charge is 2.17. The van der Waals surface area contributed by atoms with Crippen molar-refractivity contribution in [3.05, 3.63) is 194 Å². The van der Waals surface area contributed by atoms with Crippen LogP contribution in [0.1, 0.15) is 0 Å². The fraction of sp³-hybridized carbons (Fsp3) is 0. The molecule has 0 unspecified atom stereocenters. The summed E-state index contributed by atoms with van der Waals surface area (Å²) in [4.78, 5) is 2.35. The first-order chi connectivity index (χ1) is 23.8. The highest BCUT2D eigenvalue weighted by atomic mass is 15.1. The molecule has 0 amide bonds. The van der Waals surface area contributed by atoms with Crippen LogP contribution in [0.25, 0.3) is 60.5 Å². The summed E-state index contributed by atoms with van der Waals surface area (Å²) in [6.07, 6.45) is 0. The molecule has 0 aliphatic carbocycles. The van der Waals surface area contributed by atoms with Crippen LogP contribution in [-0.2, 0) is 0 Å². The molecule has 9 rings (SSSR count). The summed E-state index contributed by atoms with van der Waals surface area (Å²) in [6.45, 7) is 0. The molecule has 0 bridgehead atoms. The number of nitrogens with zero attached hydrogens (tertiary/aromatic N) is 2. The summed E-state index contributed by atoms with van der Waals surface area (Å²) in [7, 11) is 0. The number of benzene rings is 8. The number of aromatic nitrogens is 1. The molecule has 0 fully saturated rings. The Morgan fingerprint density at radius 2 is 0.917 bits per heavy atom. The normalized spacial score (nSPS) is 11.3. The van der Waals surface area contributed by atoms with Crippen molar-refractivity contribution < 1.29 is 0 Å². The van der Waals surface area contributed by atoms with Crippen LogP contribution in [0.15, 0.2) is 194 Å². The Morgan fingerprint density at radius 3 is 1.71 bits per heavy atom. The number of hydrogen-bond acceptors (Lipinski definition) is 1. The van der Waals surface area contributed by atoms with E-state index in [0.29, 0.717) is 0 Å². The van der Waals surface area contributed by atoms with Gasteiger partial charge < -0.3 is 9.47 Å². The van der Waals surface area contributed by atoms with Gasteiger partial charge in [0.15, 0.2) is 0 Å². The molecule has 1 heterocycles. The Balaban J connectivity index is 1.17. The van der Waals surface area contributed by atoms with Gasteiger partial charge in [0.1, 0.15) is 0 Å².